The van der Waals surface area contributed by atoms with Crippen LogP contribution in [0.2, 0.25) is 0 Å². The lowest BCUT2D eigenvalue weighted by atomic mass is 9.86. The van der Waals surface area contributed by atoms with Crippen LogP contribution in [0.3, 0.4) is 0 Å². The highest BCUT2D eigenvalue weighted by atomic mass is 19.1. The number of rotatable bonds is 3. The molecule has 0 atom stereocenters. The van der Waals surface area contributed by atoms with E-state index in [4.69, 9.17) is 9.31 Å². The average Bonchev–Trinajstić information content (AvgIpc) is 2.61. The summed E-state index contributed by atoms with van der Waals surface area (Å²) in [6.45, 7) is 11.5. The molecule has 0 aliphatic carbocycles. The topological polar surface area (TPSA) is 31.4 Å². The standard InChI is InChI=1S/C16H23BFNO2/c1-7-13-9-8-12(11(2)19-13)10-14(18)17-20-15(3,4)16(5,6)21-17/h8-10H,7H2,1-6H3/b14-10-. The van der Waals surface area contributed by atoms with Crippen LogP contribution in [0.1, 0.15) is 51.6 Å². The van der Waals surface area contributed by atoms with Gasteiger partial charge in [-0.15, -0.1) is 0 Å². The summed E-state index contributed by atoms with van der Waals surface area (Å²) in [7, 11) is -0.958. The maximum atomic E-state index is 14.4. The van der Waals surface area contributed by atoms with Crippen LogP contribution in [0.4, 0.5) is 4.39 Å². The Balaban J connectivity index is 2.23. The predicted octanol–water partition coefficient (Wildman–Crippen LogP) is 3.89. The molecule has 0 radical (unpaired) electrons. The molecule has 1 aromatic rings. The van der Waals surface area contributed by atoms with E-state index >= 15 is 0 Å². The molecule has 0 unspecified atom stereocenters. The minimum absolute atomic E-state index is 0.428. The second-order valence-electron chi connectivity index (χ2n) is 6.45. The van der Waals surface area contributed by atoms with Crippen LogP contribution in [0.15, 0.2) is 17.9 Å². The van der Waals surface area contributed by atoms with Crippen molar-refractivity contribution in [3.8, 4) is 0 Å². The minimum atomic E-state index is -0.958. The number of nitrogens with zero attached hydrogens (tertiary/aromatic N) is 1. The highest BCUT2D eigenvalue weighted by Gasteiger charge is 2.53. The molecule has 0 bridgehead atoms. The third kappa shape index (κ3) is 3.19. The van der Waals surface area contributed by atoms with E-state index in [2.05, 4.69) is 4.98 Å². The molecule has 2 heterocycles. The molecule has 1 aliphatic rings. The minimum Gasteiger partial charge on any atom is -0.398 e. The fraction of sp³-hybridized carbons (Fsp3) is 0.562. The highest BCUT2D eigenvalue weighted by Crippen LogP contribution is 2.39. The van der Waals surface area contributed by atoms with Crippen LogP contribution in [0.25, 0.3) is 6.08 Å². The van der Waals surface area contributed by atoms with Gasteiger partial charge in [0.25, 0.3) is 0 Å². The molecule has 5 heteroatoms. The lowest BCUT2D eigenvalue weighted by Gasteiger charge is -2.32. The highest BCUT2D eigenvalue weighted by molar-refractivity contribution is 6.54. The number of aromatic nitrogens is 1. The van der Waals surface area contributed by atoms with Gasteiger partial charge >= 0.3 is 7.12 Å². The van der Waals surface area contributed by atoms with Crippen LogP contribution in [-0.4, -0.2) is 23.3 Å². The molecule has 1 saturated heterocycles. The van der Waals surface area contributed by atoms with Crippen molar-refractivity contribution in [2.45, 2.75) is 59.2 Å². The van der Waals surface area contributed by atoms with E-state index in [0.29, 0.717) is 0 Å². The van der Waals surface area contributed by atoms with Crippen molar-refractivity contribution in [1.82, 2.24) is 4.98 Å². The SMILES string of the molecule is CCc1ccc(/C=C(\F)B2OC(C)(C)C(C)(C)O2)c(C)n1. The van der Waals surface area contributed by atoms with Crippen LogP contribution < -0.4 is 0 Å². The van der Waals surface area contributed by atoms with E-state index in [1.165, 1.54) is 6.08 Å². The zero-order valence-corrected chi connectivity index (χ0v) is 13.7. The van der Waals surface area contributed by atoms with Crippen molar-refractivity contribution < 1.29 is 13.7 Å². The number of hydrogen-bond acceptors (Lipinski definition) is 3. The molecule has 2 rings (SSSR count). The van der Waals surface area contributed by atoms with Gasteiger partial charge in [0.15, 0.2) is 0 Å². The lowest BCUT2D eigenvalue weighted by Crippen LogP contribution is -2.41. The van der Waals surface area contributed by atoms with Gasteiger partial charge in [-0.3, -0.25) is 4.98 Å². The molecule has 114 valence electrons. The summed E-state index contributed by atoms with van der Waals surface area (Å²) in [6, 6.07) is 3.79. The maximum absolute atomic E-state index is 14.4. The van der Waals surface area contributed by atoms with Gasteiger partial charge in [-0.25, -0.2) is 4.39 Å². The Labute approximate surface area is 126 Å². The fourth-order valence-corrected chi connectivity index (χ4v) is 2.15. The second-order valence-corrected chi connectivity index (χ2v) is 6.45. The smallest absolute Gasteiger partial charge is 0.398 e. The first-order valence-electron chi connectivity index (χ1n) is 7.35. The summed E-state index contributed by atoms with van der Waals surface area (Å²) in [5.41, 5.74) is 1.05. The Morgan fingerprint density at radius 1 is 1.24 bits per heavy atom. The fourth-order valence-electron chi connectivity index (χ4n) is 2.15. The number of halogens is 1. The summed E-state index contributed by atoms with van der Waals surface area (Å²) >= 11 is 0. The monoisotopic (exact) mass is 291 g/mol. The molecule has 0 N–H and O–H groups in total. The van der Waals surface area contributed by atoms with Gasteiger partial charge in [-0.2, -0.15) is 0 Å². The maximum Gasteiger partial charge on any atom is 0.525 e. The molecule has 0 amide bonds. The summed E-state index contributed by atoms with van der Waals surface area (Å²) in [6.07, 6.45) is 2.31. The van der Waals surface area contributed by atoms with Crippen molar-refractivity contribution in [3.63, 3.8) is 0 Å². The first kappa shape index (κ1) is 16.2. The van der Waals surface area contributed by atoms with E-state index in [1.54, 1.807) is 0 Å². The lowest BCUT2D eigenvalue weighted by molar-refractivity contribution is 0.00578. The van der Waals surface area contributed by atoms with Crippen LogP contribution >= 0.6 is 0 Å². The first-order chi connectivity index (χ1) is 9.66. The summed E-state index contributed by atoms with van der Waals surface area (Å²) in [5.74, 6) is 0. The Morgan fingerprint density at radius 2 is 1.81 bits per heavy atom. The molecule has 0 aromatic carbocycles. The quantitative estimate of drug-likeness (QED) is 0.792. The van der Waals surface area contributed by atoms with Gasteiger partial charge in [-0.05, 0) is 58.7 Å². The molecule has 21 heavy (non-hydrogen) atoms. The molecule has 1 fully saturated rings. The van der Waals surface area contributed by atoms with Crippen molar-refractivity contribution >= 4 is 13.2 Å². The molecular formula is C16H23BFNO2. The Kier molecular flexibility index (Phi) is 4.27. The van der Waals surface area contributed by atoms with E-state index < -0.39 is 24.0 Å². The molecular weight excluding hydrogens is 268 g/mol. The third-order valence-corrected chi connectivity index (χ3v) is 4.32. The third-order valence-electron chi connectivity index (χ3n) is 4.32. The zero-order valence-electron chi connectivity index (χ0n) is 13.7. The van der Waals surface area contributed by atoms with Gasteiger partial charge in [0.2, 0.25) is 0 Å². The van der Waals surface area contributed by atoms with Crippen LogP contribution in [0, 0.1) is 6.92 Å². The molecule has 0 spiro atoms. The van der Waals surface area contributed by atoms with Gasteiger partial charge in [0.1, 0.15) is 5.73 Å². The summed E-state index contributed by atoms with van der Waals surface area (Å²) in [5, 5.41) is 0. The summed E-state index contributed by atoms with van der Waals surface area (Å²) in [4.78, 5) is 4.44. The second kappa shape index (κ2) is 5.54. The Bertz CT molecular complexity index is 553. The molecule has 1 aromatic heterocycles. The normalized spacial score (nSPS) is 20.9. The number of pyridine rings is 1. The van der Waals surface area contributed by atoms with E-state index in [9.17, 15) is 4.39 Å². The van der Waals surface area contributed by atoms with Gasteiger partial charge in [0.05, 0.1) is 11.2 Å². The van der Waals surface area contributed by atoms with E-state index in [-0.39, 0.29) is 0 Å². The van der Waals surface area contributed by atoms with Crippen molar-refractivity contribution in [3.05, 3.63) is 34.8 Å². The average molecular weight is 291 g/mol. The van der Waals surface area contributed by atoms with Crippen LogP contribution in [0.5, 0.6) is 0 Å². The van der Waals surface area contributed by atoms with Crippen molar-refractivity contribution in [2.24, 2.45) is 0 Å². The van der Waals surface area contributed by atoms with Crippen molar-refractivity contribution in [2.75, 3.05) is 0 Å². The van der Waals surface area contributed by atoms with Gasteiger partial charge < -0.3 is 9.31 Å². The molecule has 1 aliphatic heterocycles. The van der Waals surface area contributed by atoms with E-state index in [0.717, 1.165) is 23.4 Å². The molecule has 0 saturated carbocycles. The Morgan fingerprint density at radius 3 is 2.29 bits per heavy atom. The van der Waals surface area contributed by atoms with Crippen molar-refractivity contribution in [1.29, 1.82) is 0 Å². The van der Waals surface area contributed by atoms with Gasteiger partial charge in [0, 0.05) is 11.4 Å². The zero-order chi connectivity index (χ0) is 15.8. The van der Waals surface area contributed by atoms with Crippen LogP contribution in [-0.2, 0) is 15.7 Å². The number of hydrogen-bond donors (Lipinski definition) is 0. The number of aryl methyl sites for hydroxylation is 2. The Hall–Kier alpha value is -1.20. The van der Waals surface area contributed by atoms with E-state index in [1.807, 2.05) is 53.7 Å². The van der Waals surface area contributed by atoms with Gasteiger partial charge in [-0.1, -0.05) is 13.0 Å². The predicted molar refractivity (Wildman–Crippen MR) is 83.5 cm³/mol. The summed E-state index contributed by atoms with van der Waals surface area (Å²) < 4.78 is 25.8. The largest absolute Gasteiger partial charge is 0.525 e. The first-order valence-corrected chi connectivity index (χ1v) is 7.35. The molecule has 3 nitrogen and oxygen atoms in total.